The van der Waals surface area contributed by atoms with Crippen LogP contribution >= 0.6 is 0 Å². The van der Waals surface area contributed by atoms with E-state index in [4.69, 9.17) is 9.26 Å². The van der Waals surface area contributed by atoms with Gasteiger partial charge in [0.15, 0.2) is 0 Å². The monoisotopic (exact) mass is 258 g/mol. The summed E-state index contributed by atoms with van der Waals surface area (Å²) in [5.74, 6) is 1.52. The van der Waals surface area contributed by atoms with Crippen molar-refractivity contribution in [1.29, 1.82) is 0 Å². The molecule has 1 aromatic heterocycles. The first-order chi connectivity index (χ1) is 9.20. The van der Waals surface area contributed by atoms with Crippen LogP contribution in [0.4, 0.5) is 5.69 Å². The van der Waals surface area contributed by atoms with Crippen LogP contribution in [-0.2, 0) is 17.8 Å². The number of hydrogen-bond acceptors (Lipinski definition) is 4. The number of benzene rings is 1. The van der Waals surface area contributed by atoms with Crippen molar-refractivity contribution in [3.63, 3.8) is 0 Å². The minimum absolute atomic E-state index is 0.0526. The molecule has 0 unspecified atom stereocenters. The first kappa shape index (κ1) is 11.8. The second kappa shape index (κ2) is 4.76. The second-order valence-corrected chi connectivity index (χ2v) is 4.58. The van der Waals surface area contributed by atoms with Gasteiger partial charge in [-0.1, -0.05) is 11.2 Å². The number of carbonyl (C=O) groups is 1. The van der Waals surface area contributed by atoms with Gasteiger partial charge in [-0.2, -0.15) is 0 Å². The standard InChI is InChI=1S/C14H14N2O3/c1-9-6-11(16-19-9)8-18-12-4-2-10-3-5-14(17)15-13(10)7-12/h2,4,6-7H,3,5,8H2,1H3,(H,15,17). The summed E-state index contributed by atoms with van der Waals surface area (Å²) in [6.07, 6.45) is 1.33. The molecule has 1 amide bonds. The van der Waals surface area contributed by atoms with Crippen LogP contribution in [0.1, 0.15) is 23.4 Å². The van der Waals surface area contributed by atoms with Gasteiger partial charge in [0, 0.05) is 24.2 Å². The van der Waals surface area contributed by atoms with Crippen LogP contribution < -0.4 is 10.1 Å². The minimum atomic E-state index is 0.0526. The molecule has 2 heterocycles. The van der Waals surface area contributed by atoms with E-state index in [1.54, 1.807) is 0 Å². The van der Waals surface area contributed by atoms with Gasteiger partial charge in [-0.25, -0.2) is 0 Å². The van der Waals surface area contributed by atoms with Gasteiger partial charge in [0.05, 0.1) is 0 Å². The quantitative estimate of drug-likeness (QED) is 0.918. The molecule has 3 rings (SSSR count). The third kappa shape index (κ3) is 2.59. The van der Waals surface area contributed by atoms with Gasteiger partial charge < -0.3 is 14.6 Å². The lowest BCUT2D eigenvalue weighted by atomic mass is 10.0. The van der Waals surface area contributed by atoms with E-state index in [-0.39, 0.29) is 5.91 Å². The lowest BCUT2D eigenvalue weighted by Crippen LogP contribution is -2.18. The summed E-state index contributed by atoms with van der Waals surface area (Å²) in [6.45, 7) is 2.19. The number of ether oxygens (including phenoxy) is 1. The van der Waals surface area contributed by atoms with E-state index in [0.717, 1.165) is 29.1 Å². The van der Waals surface area contributed by atoms with Crippen molar-refractivity contribution >= 4 is 11.6 Å². The number of rotatable bonds is 3. The highest BCUT2D eigenvalue weighted by Crippen LogP contribution is 2.27. The highest BCUT2D eigenvalue weighted by Gasteiger charge is 2.15. The van der Waals surface area contributed by atoms with Gasteiger partial charge in [-0.15, -0.1) is 0 Å². The van der Waals surface area contributed by atoms with E-state index in [9.17, 15) is 4.79 Å². The Morgan fingerprint density at radius 1 is 1.37 bits per heavy atom. The summed E-state index contributed by atoms with van der Waals surface area (Å²) in [4.78, 5) is 11.3. The minimum Gasteiger partial charge on any atom is -0.487 e. The van der Waals surface area contributed by atoms with Crippen LogP contribution in [0.5, 0.6) is 5.75 Å². The molecule has 1 aromatic carbocycles. The SMILES string of the molecule is Cc1cc(COc2ccc3c(c2)NC(=O)CC3)no1. The topological polar surface area (TPSA) is 64.4 Å². The van der Waals surface area contributed by atoms with Crippen LogP contribution in [0.3, 0.4) is 0 Å². The average molecular weight is 258 g/mol. The molecular weight excluding hydrogens is 244 g/mol. The first-order valence-corrected chi connectivity index (χ1v) is 6.18. The molecule has 19 heavy (non-hydrogen) atoms. The maximum absolute atomic E-state index is 11.3. The molecule has 0 atom stereocenters. The van der Waals surface area contributed by atoms with Crippen molar-refractivity contribution in [2.24, 2.45) is 0 Å². The van der Waals surface area contributed by atoms with Gasteiger partial charge in [0.2, 0.25) is 5.91 Å². The number of amides is 1. The Balaban J connectivity index is 1.71. The second-order valence-electron chi connectivity index (χ2n) is 4.58. The molecule has 0 spiro atoms. The highest BCUT2D eigenvalue weighted by molar-refractivity contribution is 5.94. The number of aryl methyl sites for hydroxylation is 2. The van der Waals surface area contributed by atoms with Gasteiger partial charge >= 0.3 is 0 Å². The van der Waals surface area contributed by atoms with Crippen molar-refractivity contribution in [1.82, 2.24) is 5.16 Å². The molecule has 0 radical (unpaired) electrons. The zero-order valence-electron chi connectivity index (χ0n) is 10.6. The van der Waals surface area contributed by atoms with Crippen molar-refractivity contribution in [3.05, 3.63) is 41.3 Å². The summed E-state index contributed by atoms with van der Waals surface area (Å²) in [7, 11) is 0. The van der Waals surface area contributed by atoms with Crippen LogP contribution in [0, 0.1) is 6.92 Å². The summed E-state index contributed by atoms with van der Waals surface area (Å²) in [5.41, 5.74) is 2.73. The van der Waals surface area contributed by atoms with Gasteiger partial charge in [0.1, 0.15) is 23.8 Å². The molecule has 0 fully saturated rings. The van der Waals surface area contributed by atoms with Crippen molar-refractivity contribution in [3.8, 4) is 5.75 Å². The first-order valence-electron chi connectivity index (χ1n) is 6.18. The Hall–Kier alpha value is -2.30. The fourth-order valence-electron chi connectivity index (χ4n) is 2.08. The van der Waals surface area contributed by atoms with E-state index in [1.165, 1.54) is 0 Å². The molecule has 1 aliphatic heterocycles. The van der Waals surface area contributed by atoms with Gasteiger partial charge in [-0.3, -0.25) is 4.79 Å². The summed E-state index contributed by atoms with van der Waals surface area (Å²) >= 11 is 0. The van der Waals surface area contributed by atoms with Crippen molar-refractivity contribution < 1.29 is 14.1 Å². The molecule has 5 nitrogen and oxygen atoms in total. The zero-order chi connectivity index (χ0) is 13.2. The predicted molar refractivity (Wildman–Crippen MR) is 69.0 cm³/mol. The van der Waals surface area contributed by atoms with Crippen LogP contribution in [-0.4, -0.2) is 11.1 Å². The molecule has 0 saturated heterocycles. The zero-order valence-corrected chi connectivity index (χ0v) is 10.6. The third-order valence-electron chi connectivity index (χ3n) is 3.04. The Morgan fingerprint density at radius 2 is 2.26 bits per heavy atom. The van der Waals surface area contributed by atoms with Crippen molar-refractivity contribution in [2.75, 3.05) is 5.32 Å². The Kier molecular flexibility index (Phi) is 2.95. The number of hydrogen-bond donors (Lipinski definition) is 1. The lowest BCUT2D eigenvalue weighted by Gasteiger charge is -2.17. The maximum Gasteiger partial charge on any atom is 0.224 e. The largest absolute Gasteiger partial charge is 0.487 e. The Labute approximate surface area is 110 Å². The van der Waals surface area contributed by atoms with Crippen molar-refractivity contribution in [2.45, 2.75) is 26.4 Å². The number of aromatic nitrogens is 1. The number of fused-ring (bicyclic) bond motifs is 1. The van der Waals surface area contributed by atoms with E-state index in [1.807, 2.05) is 31.2 Å². The van der Waals surface area contributed by atoms with E-state index < -0.39 is 0 Å². The van der Waals surface area contributed by atoms with E-state index in [0.29, 0.717) is 18.8 Å². The van der Waals surface area contributed by atoms with Crippen LogP contribution in [0.25, 0.3) is 0 Å². The van der Waals surface area contributed by atoms with E-state index in [2.05, 4.69) is 10.5 Å². The highest BCUT2D eigenvalue weighted by atomic mass is 16.5. The molecule has 0 bridgehead atoms. The molecule has 0 aliphatic carbocycles. The fourth-order valence-corrected chi connectivity index (χ4v) is 2.08. The predicted octanol–water partition coefficient (Wildman–Crippen LogP) is 2.45. The molecular formula is C14H14N2O3. The average Bonchev–Trinajstić information content (AvgIpc) is 2.81. The molecule has 1 N–H and O–H groups in total. The maximum atomic E-state index is 11.3. The molecule has 98 valence electrons. The molecule has 2 aromatic rings. The molecule has 1 aliphatic rings. The van der Waals surface area contributed by atoms with Gasteiger partial charge in [0.25, 0.3) is 0 Å². The molecule has 0 saturated carbocycles. The Morgan fingerprint density at radius 3 is 3.05 bits per heavy atom. The summed E-state index contributed by atoms with van der Waals surface area (Å²) in [5, 5.41) is 6.71. The normalized spacial score (nSPS) is 13.8. The van der Waals surface area contributed by atoms with Crippen LogP contribution in [0.2, 0.25) is 0 Å². The van der Waals surface area contributed by atoms with Crippen LogP contribution in [0.15, 0.2) is 28.8 Å². The lowest BCUT2D eigenvalue weighted by molar-refractivity contribution is -0.116. The molecule has 5 heteroatoms. The number of carbonyl (C=O) groups excluding carboxylic acids is 1. The third-order valence-corrected chi connectivity index (χ3v) is 3.04. The van der Waals surface area contributed by atoms with E-state index >= 15 is 0 Å². The number of nitrogens with zero attached hydrogens (tertiary/aromatic N) is 1. The van der Waals surface area contributed by atoms with Gasteiger partial charge in [-0.05, 0) is 25.0 Å². The number of anilines is 1. The summed E-state index contributed by atoms with van der Waals surface area (Å²) in [6, 6.07) is 7.57. The Bertz CT molecular complexity index is 619. The number of nitrogens with one attached hydrogen (secondary N) is 1. The smallest absolute Gasteiger partial charge is 0.224 e. The fraction of sp³-hybridized carbons (Fsp3) is 0.286. The summed E-state index contributed by atoms with van der Waals surface area (Å²) < 4.78 is 10.6.